The van der Waals surface area contributed by atoms with E-state index in [-0.39, 0.29) is 5.84 Å². The van der Waals surface area contributed by atoms with Gasteiger partial charge >= 0.3 is 0 Å². The number of amidine groups is 1. The Hall–Kier alpha value is -2.83. The average Bonchev–Trinajstić information content (AvgIpc) is 2.91. The number of amides is 1. The highest BCUT2D eigenvalue weighted by Gasteiger charge is 2.14. The summed E-state index contributed by atoms with van der Waals surface area (Å²) in [5, 5.41) is 6.38. The van der Waals surface area contributed by atoms with Crippen LogP contribution in [0.2, 0.25) is 0 Å². The summed E-state index contributed by atoms with van der Waals surface area (Å²) < 4.78 is 1.77. The smallest absolute Gasteiger partial charge is 0.212 e. The maximum Gasteiger partial charge on any atom is 0.212 e. The number of rotatable bonds is 7. The molecule has 1 aromatic carbocycles. The average molecular weight is 287 g/mol. The number of benzene rings is 1. The number of hydrogen-bond donors (Lipinski definition) is 2. The van der Waals surface area contributed by atoms with Crippen LogP contribution in [0.1, 0.15) is 18.2 Å². The van der Waals surface area contributed by atoms with Crippen LogP contribution >= 0.6 is 0 Å². The number of nitrogens with two attached hydrogens (primary N) is 1. The fourth-order valence-electron chi connectivity index (χ4n) is 1.85. The van der Waals surface area contributed by atoms with Gasteiger partial charge in [0.1, 0.15) is 12.3 Å². The summed E-state index contributed by atoms with van der Waals surface area (Å²) in [7, 11) is 0. The van der Waals surface area contributed by atoms with Gasteiger partial charge in [0.05, 0.1) is 6.33 Å². The van der Waals surface area contributed by atoms with Crippen molar-refractivity contribution in [2.24, 2.45) is 10.9 Å². The second-order valence-corrected chi connectivity index (χ2v) is 4.23. The Bertz CT molecular complexity index is 622. The molecule has 7 heteroatoms. The van der Waals surface area contributed by atoms with Crippen molar-refractivity contribution in [2.75, 3.05) is 5.32 Å². The van der Waals surface area contributed by atoms with Gasteiger partial charge in [-0.3, -0.25) is 4.79 Å². The van der Waals surface area contributed by atoms with E-state index in [2.05, 4.69) is 15.5 Å². The number of carbonyl (C=O) groups excluding carboxylic acids is 1. The van der Waals surface area contributed by atoms with Gasteiger partial charge in [-0.05, 0) is 12.5 Å². The lowest BCUT2D eigenvalue weighted by Crippen LogP contribution is -2.20. The predicted octanol–water partition coefficient (Wildman–Crippen LogP) is 1.31. The van der Waals surface area contributed by atoms with Crippen molar-refractivity contribution >= 4 is 18.1 Å². The van der Waals surface area contributed by atoms with Crippen molar-refractivity contribution in [1.82, 2.24) is 9.55 Å². The number of oxime groups is 1. The van der Waals surface area contributed by atoms with Crippen LogP contribution in [0.3, 0.4) is 0 Å². The molecule has 0 spiro atoms. The summed E-state index contributed by atoms with van der Waals surface area (Å²) in [6.07, 6.45) is 2.13. The maximum atomic E-state index is 10.6. The molecule has 0 saturated carbocycles. The zero-order valence-corrected chi connectivity index (χ0v) is 11.7. The first kappa shape index (κ1) is 14.6. The van der Waals surface area contributed by atoms with Gasteiger partial charge in [0.25, 0.3) is 0 Å². The fourth-order valence-corrected chi connectivity index (χ4v) is 1.85. The molecule has 1 amide bonds. The zero-order valence-electron chi connectivity index (χ0n) is 11.7. The number of aromatic nitrogens is 2. The van der Waals surface area contributed by atoms with Crippen molar-refractivity contribution in [3.63, 3.8) is 0 Å². The Morgan fingerprint density at radius 3 is 2.90 bits per heavy atom. The van der Waals surface area contributed by atoms with Crippen LogP contribution in [0.25, 0.3) is 0 Å². The number of nitrogens with one attached hydrogen (secondary N) is 1. The number of nitrogens with zero attached hydrogens (tertiary/aromatic N) is 3. The summed E-state index contributed by atoms with van der Waals surface area (Å²) in [5.41, 5.74) is 7.44. The molecule has 0 aliphatic carbocycles. The van der Waals surface area contributed by atoms with E-state index in [4.69, 9.17) is 10.6 Å². The van der Waals surface area contributed by atoms with Gasteiger partial charge in [-0.25, -0.2) is 4.98 Å². The van der Waals surface area contributed by atoms with E-state index in [1.54, 1.807) is 10.9 Å². The predicted molar refractivity (Wildman–Crippen MR) is 79.5 cm³/mol. The normalized spacial score (nSPS) is 11.2. The molecule has 2 aromatic rings. The fraction of sp³-hybridized carbons (Fsp3) is 0.214. The monoisotopic (exact) mass is 287 g/mol. The molecule has 1 heterocycles. The van der Waals surface area contributed by atoms with E-state index in [0.29, 0.717) is 31.1 Å². The van der Waals surface area contributed by atoms with Gasteiger partial charge in [0.15, 0.2) is 11.7 Å². The largest absolute Gasteiger partial charge is 0.389 e. The van der Waals surface area contributed by atoms with Crippen LogP contribution in [0.15, 0.2) is 41.8 Å². The molecule has 0 aliphatic heterocycles. The van der Waals surface area contributed by atoms with Gasteiger partial charge in [0, 0.05) is 6.54 Å². The SMILES string of the molecule is CCn1cnc(NC=O)c1/C(N)=N/OCc1ccccc1. The van der Waals surface area contributed by atoms with Gasteiger partial charge in [-0.2, -0.15) is 0 Å². The molecule has 110 valence electrons. The molecule has 0 saturated heterocycles. The van der Waals surface area contributed by atoms with E-state index < -0.39 is 0 Å². The van der Waals surface area contributed by atoms with Crippen molar-refractivity contribution in [1.29, 1.82) is 0 Å². The molecular weight excluding hydrogens is 270 g/mol. The lowest BCUT2D eigenvalue weighted by molar-refractivity contribution is -0.105. The molecule has 0 radical (unpaired) electrons. The van der Waals surface area contributed by atoms with Gasteiger partial charge in [-0.1, -0.05) is 35.5 Å². The number of carbonyl (C=O) groups is 1. The molecule has 2 rings (SSSR count). The number of hydrogen-bond acceptors (Lipinski definition) is 4. The van der Waals surface area contributed by atoms with Gasteiger partial charge in [-0.15, -0.1) is 0 Å². The van der Waals surface area contributed by atoms with E-state index in [1.165, 1.54) is 0 Å². The Labute approximate surface area is 122 Å². The first-order valence-electron chi connectivity index (χ1n) is 6.51. The summed E-state index contributed by atoms with van der Waals surface area (Å²) in [5.74, 6) is 0.519. The Kier molecular flexibility index (Phi) is 4.92. The Balaban J connectivity index is 2.11. The minimum Gasteiger partial charge on any atom is -0.389 e. The third kappa shape index (κ3) is 3.59. The van der Waals surface area contributed by atoms with Crippen molar-refractivity contribution in [3.8, 4) is 0 Å². The van der Waals surface area contributed by atoms with E-state index >= 15 is 0 Å². The molecule has 0 aliphatic rings. The molecule has 1 aromatic heterocycles. The summed E-state index contributed by atoms with van der Waals surface area (Å²) in [6.45, 7) is 2.91. The second kappa shape index (κ2) is 7.09. The molecule has 21 heavy (non-hydrogen) atoms. The van der Waals surface area contributed by atoms with Gasteiger partial charge < -0.3 is 20.5 Å². The molecule has 7 nitrogen and oxygen atoms in total. The van der Waals surface area contributed by atoms with Crippen molar-refractivity contribution < 1.29 is 9.63 Å². The maximum absolute atomic E-state index is 10.6. The minimum atomic E-state index is 0.162. The van der Waals surface area contributed by atoms with E-state index in [9.17, 15) is 4.79 Å². The lowest BCUT2D eigenvalue weighted by Gasteiger charge is -2.07. The highest BCUT2D eigenvalue weighted by Crippen LogP contribution is 2.13. The van der Waals surface area contributed by atoms with Crippen LogP contribution in [0.4, 0.5) is 5.82 Å². The third-order valence-corrected chi connectivity index (χ3v) is 2.85. The van der Waals surface area contributed by atoms with E-state index in [1.807, 2.05) is 37.3 Å². The standard InChI is InChI=1S/C14H17N5O2/c1-2-19-9-16-14(17-10-20)12(19)13(15)18-21-8-11-6-4-3-5-7-11/h3-7,9-10H,2,8H2,1H3,(H2,15,18)(H,17,20). The summed E-state index contributed by atoms with van der Waals surface area (Å²) in [4.78, 5) is 19.9. The molecule has 0 unspecified atom stereocenters. The quantitative estimate of drug-likeness (QED) is 0.347. The molecule has 3 N–H and O–H groups in total. The second-order valence-electron chi connectivity index (χ2n) is 4.23. The zero-order chi connectivity index (χ0) is 15.1. The van der Waals surface area contributed by atoms with Gasteiger partial charge in [0.2, 0.25) is 6.41 Å². The Morgan fingerprint density at radius 1 is 1.48 bits per heavy atom. The van der Waals surface area contributed by atoms with Crippen molar-refractivity contribution in [2.45, 2.75) is 20.1 Å². The summed E-state index contributed by atoms with van der Waals surface area (Å²) >= 11 is 0. The first-order chi connectivity index (χ1) is 10.3. The highest BCUT2D eigenvalue weighted by molar-refractivity contribution is 6.01. The third-order valence-electron chi connectivity index (χ3n) is 2.85. The van der Waals surface area contributed by atoms with Crippen LogP contribution < -0.4 is 11.1 Å². The summed E-state index contributed by atoms with van der Waals surface area (Å²) in [6, 6.07) is 9.63. The number of aryl methyl sites for hydroxylation is 1. The Morgan fingerprint density at radius 2 is 2.24 bits per heavy atom. The van der Waals surface area contributed by atoms with Crippen LogP contribution in [0.5, 0.6) is 0 Å². The molecular formula is C14H17N5O2. The molecule has 0 bridgehead atoms. The first-order valence-corrected chi connectivity index (χ1v) is 6.51. The number of anilines is 1. The molecule has 0 atom stereocenters. The van der Waals surface area contributed by atoms with Crippen molar-refractivity contribution in [3.05, 3.63) is 47.9 Å². The van der Waals surface area contributed by atoms with Crippen LogP contribution in [0, 0.1) is 0 Å². The van der Waals surface area contributed by atoms with E-state index in [0.717, 1.165) is 5.56 Å². The highest BCUT2D eigenvalue weighted by atomic mass is 16.6. The topological polar surface area (TPSA) is 94.5 Å². The van der Waals surface area contributed by atoms with Crippen LogP contribution in [-0.4, -0.2) is 21.8 Å². The molecule has 0 fully saturated rings. The van der Waals surface area contributed by atoms with Crippen LogP contribution in [-0.2, 0) is 22.8 Å². The lowest BCUT2D eigenvalue weighted by atomic mass is 10.2. The number of imidazole rings is 1. The minimum absolute atomic E-state index is 0.162.